The van der Waals surface area contributed by atoms with E-state index in [-0.39, 0.29) is 0 Å². The van der Waals surface area contributed by atoms with Crippen LogP contribution >= 0.6 is 0 Å². The van der Waals surface area contributed by atoms with Gasteiger partial charge in [0.05, 0.1) is 0 Å². The Bertz CT molecular complexity index is 360. The van der Waals surface area contributed by atoms with E-state index in [0.29, 0.717) is 0 Å². The van der Waals surface area contributed by atoms with Crippen molar-refractivity contribution in [3.05, 3.63) is 29.3 Å². The van der Waals surface area contributed by atoms with Crippen molar-refractivity contribution in [3.8, 4) is 0 Å². The minimum absolute atomic E-state index is 0.797. The van der Waals surface area contributed by atoms with Gasteiger partial charge in [0.1, 0.15) is 6.29 Å². The molecule has 0 aliphatic carbocycles. The molecule has 0 radical (unpaired) electrons. The molecule has 0 N–H and O–H groups in total. The molecule has 0 fully saturated rings. The van der Waals surface area contributed by atoms with E-state index >= 15 is 0 Å². The maximum absolute atomic E-state index is 10.6. The van der Waals surface area contributed by atoms with E-state index in [2.05, 4.69) is 17.9 Å². The Kier molecular flexibility index (Phi) is 3.05. The molecule has 0 unspecified atom stereocenters. The van der Waals surface area contributed by atoms with Crippen LogP contribution in [-0.2, 0) is 6.42 Å². The highest BCUT2D eigenvalue weighted by molar-refractivity contribution is 5.77. The number of rotatable bonds is 4. The first kappa shape index (κ1) is 10.2. The Morgan fingerprint density at radius 2 is 2.33 bits per heavy atom. The Morgan fingerprint density at radius 3 is 3.07 bits per heavy atom. The molecule has 1 aliphatic heterocycles. The molecule has 2 nitrogen and oxygen atoms in total. The van der Waals surface area contributed by atoms with Crippen molar-refractivity contribution in [1.82, 2.24) is 0 Å². The topological polar surface area (TPSA) is 20.3 Å². The summed E-state index contributed by atoms with van der Waals surface area (Å²) in [4.78, 5) is 13.1. The average molecular weight is 203 g/mol. The van der Waals surface area contributed by atoms with Gasteiger partial charge in [-0.3, -0.25) is 4.79 Å². The molecule has 1 aliphatic rings. The van der Waals surface area contributed by atoms with E-state index in [1.54, 1.807) is 0 Å². The molecule has 2 rings (SSSR count). The summed E-state index contributed by atoms with van der Waals surface area (Å²) in [6.45, 7) is 4.47. The summed E-state index contributed by atoms with van der Waals surface area (Å²) in [6.07, 6.45) is 4.49. The lowest BCUT2D eigenvalue weighted by molar-refractivity contribution is 0.112. The first-order valence-corrected chi connectivity index (χ1v) is 5.68. The predicted molar refractivity (Wildman–Crippen MR) is 62.7 cm³/mol. The van der Waals surface area contributed by atoms with Crippen molar-refractivity contribution in [1.29, 1.82) is 0 Å². The second-order valence-electron chi connectivity index (χ2n) is 4.10. The lowest BCUT2D eigenvalue weighted by atomic mass is 10.1. The van der Waals surface area contributed by atoms with Gasteiger partial charge in [0.25, 0.3) is 0 Å². The number of nitrogens with zero attached hydrogens (tertiary/aromatic N) is 1. The molecule has 1 aromatic rings. The van der Waals surface area contributed by atoms with E-state index in [4.69, 9.17) is 0 Å². The largest absolute Gasteiger partial charge is 0.371 e. The second-order valence-corrected chi connectivity index (χ2v) is 4.10. The lowest BCUT2D eigenvalue weighted by Gasteiger charge is -2.18. The zero-order valence-electron chi connectivity index (χ0n) is 9.20. The quantitative estimate of drug-likeness (QED) is 0.701. The van der Waals surface area contributed by atoms with Crippen LogP contribution in [0.1, 0.15) is 35.7 Å². The predicted octanol–water partition coefficient (Wildman–Crippen LogP) is 2.66. The van der Waals surface area contributed by atoms with Crippen LogP contribution < -0.4 is 4.90 Å². The van der Waals surface area contributed by atoms with Crippen LogP contribution in [0.5, 0.6) is 0 Å². The molecule has 0 saturated heterocycles. The fraction of sp³-hybridized carbons (Fsp3) is 0.462. The number of aldehydes is 1. The fourth-order valence-corrected chi connectivity index (χ4v) is 2.14. The molecule has 0 aromatic heterocycles. The van der Waals surface area contributed by atoms with Gasteiger partial charge in [0, 0.05) is 24.3 Å². The maximum atomic E-state index is 10.6. The molecule has 0 saturated carbocycles. The van der Waals surface area contributed by atoms with Crippen molar-refractivity contribution < 1.29 is 4.79 Å². The SMILES string of the molecule is CCCCN1CCc2cc(C=O)ccc21. The third-order valence-corrected chi connectivity index (χ3v) is 3.01. The van der Waals surface area contributed by atoms with Gasteiger partial charge < -0.3 is 4.90 Å². The summed E-state index contributed by atoms with van der Waals surface area (Å²) in [5.41, 5.74) is 3.45. The van der Waals surface area contributed by atoms with Gasteiger partial charge in [-0.15, -0.1) is 0 Å². The number of hydrogen-bond donors (Lipinski definition) is 0. The van der Waals surface area contributed by atoms with Gasteiger partial charge in [-0.1, -0.05) is 13.3 Å². The zero-order chi connectivity index (χ0) is 10.7. The summed E-state index contributed by atoms with van der Waals surface area (Å²) < 4.78 is 0. The monoisotopic (exact) mass is 203 g/mol. The van der Waals surface area contributed by atoms with Gasteiger partial charge in [-0.05, 0) is 36.6 Å². The standard InChI is InChI=1S/C13H17NO/c1-2-3-7-14-8-6-12-9-11(10-15)4-5-13(12)14/h4-5,9-10H,2-3,6-8H2,1H3. The van der Waals surface area contributed by atoms with Crippen molar-refractivity contribution >= 4 is 12.0 Å². The highest BCUT2D eigenvalue weighted by Gasteiger charge is 2.18. The number of hydrogen-bond acceptors (Lipinski definition) is 2. The van der Waals surface area contributed by atoms with Crippen LogP contribution in [0.4, 0.5) is 5.69 Å². The lowest BCUT2D eigenvalue weighted by Crippen LogP contribution is -2.21. The highest BCUT2D eigenvalue weighted by atomic mass is 16.1. The summed E-state index contributed by atoms with van der Waals surface area (Å²) in [7, 11) is 0. The molecule has 0 spiro atoms. The number of carbonyl (C=O) groups is 1. The van der Waals surface area contributed by atoms with E-state index in [9.17, 15) is 4.79 Å². The fourth-order valence-electron chi connectivity index (χ4n) is 2.14. The second kappa shape index (κ2) is 4.47. The number of carbonyl (C=O) groups excluding carboxylic acids is 1. The van der Waals surface area contributed by atoms with Crippen molar-refractivity contribution in [3.63, 3.8) is 0 Å². The summed E-state index contributed by atoms with van der Waals surface area (Å²) in [5.74, 6) is 0. The Balaban J connectivity index is 2.16. The van der Waals surface area contributed by atoms with E-state index < -0.39 is 0 Å². The van der Waals surface area contributed by atoms with Crippen LogP contribution in [0.25, 0.3) is 0 Å². The smallest absolute Gasteiger partial charge is 0.150 e. The average Bonchev–Trinajstić information content (AvgIpc) is 2.68. The van der Waals surface area contributed by atoms with Gasteiger partial charge >= 0.3 is 0 Å². The Hall–Kier alpha value is -1.31. The summed E-state index contributed by atoms with van der Waals surface area (Å²) >= 11 is 0. The number of unbranched alkanes of at least 4 members (excludes halogenated alkanes) is 1. The number of benzene rings is 1. The van der Waals surface area contributed by atoms with Gasteiger partial charge in [-0.25, -0.2) is 0 Å². The summed E-state index contributed by atoms with van der Waals surface area (Å²) in [6, 6.07) is 6.02. The molecule has 1 aromatic carbocycles. The van der Waals surface area contributed by atoms with E-state index in [0.717, 1.165) is 31.4 Å². The van der Waals surface area contributed by atoms with Crippen molar-refractivity contribution in [2.45, 2.75) is 26.2 Å². The maximum Gasteiger partial charge on any atom is 0.150 e. The van der Waals surface area contributed by atoms with Gasteiger partial charge in [0.15, 0.2) is 0 Å². The van der Waals surface area contributed by atoms with Gasteiger partial charge in [0.2, 0.25) is 0 Å². The first-order valence-electron chi connectivity index (χ1n) is 5.68. The number of anilines is 1. The Labute approximate surface area is 90.9 Å². The van der Waals surface area contributed by atoms with E-state index in [1.807, 2.05) is 12.1 Å². The van der Waals surface area contributed by atoms with Gasteiger partial charge in [-0.2, -0.15) is 0 Å². The van der Waals surface area contributed by atoms with Crippen LogP contribution in [0.2, 0.25) is 0 Å². The first-order chi connectivity index (χ1) is 7.35. The minimum atomic E-state index is 0.797. The van der Waals surface area contributed by atoms with E-state index in [1.165, 1.54) is 24.1 Å². The van der Waals surface area contributed by atoms with Crippen LogP contribution in [0, 0.1) is 0 Å². The minimum Gasteiger partial charge on any atom is -0.371 e. The van der Waals surface area contributed by atoms with Crippen molar-refractivity contribution in [2.75, 3.05) is 18.0 Å². The summed E-state index contributed by atoms with van der Waals surface area (Å²) in [5, 5.41) is 0. The molecule has 80 valence electrons. The third-order valence-electron chi connectivity index (χ3n) is 3.01. The third kappa shape index (κ3) is 2.04. The molecule has 1 heterocycles. The zero-order valence-corrected chi connectivity index (χ0v) is 9.20. The van der Waals surface area contributed by atoms with Crippen LogP contribution in [0.3, 0.4) is 0 Å². The highest BCUT2D eigenvalue weighted by Crippen LogP contribution is 2.28. The molecular formula is C13H17NO. The Morgan fingerprint density at radius 1 is 1.47 bits per heavy atom. The van der Waals surface area contributed by atoms with Crippen LogP contribution in [-0.4, -0.2) is 19.4 Å². The normalized spacial score (nSPS) is 14.1. The van der Waals surface area contributed by atoms with Crippen molar-refractivity contribution in [2.24, 2.45) is 0 Å². The number of fused-ring (bicyclic) bond motifs is 1. The molecule has 0 atom stereocenters. The van der Waals surface area contributed by atoms with Crippen LogP contribution in [0.15, 0.2) is 18.2 Å². The molecule has 15 heavy (non-hydrogen) atoms. The molecule has 0 bridgehead atoms. The molecular weight excluding hydrogens is 186 g/mol. The molecule has 0 amide bonds. The molecule has 2 heteroatoms.